The van der Waals surface area contributed by atoms with Crippen molar-refractivity contribution in [2.24, 2.45) is 0 Å². The molecule has 6 aromatic carbocycles. The Balaban J connectivity index is 1.37. The van der Waals surface area contributed by atoms with Crippen molar-refractivity contribution in [3.05, 3.63) is 142 Å². The number of benzene rings is 6. The van der Waals surface area contributed by atoms with Crippen molar-refractivity contribution in [2.75, 3.05) is 0 Å². The number of fused-ring (bicyclic) bond motifs is 6. The molecule has 0 aliphatic rings. The van der Waals surface area contributed by atoms with Crippen molar-refractivity contribution in [1.82, 2.24) is 4.57 Å². The largest absolute Gasteiger partial charge is 0.456 e. The van der Waals surface area contributed by atoms with Crippen molar-refractivity contribution < 1.29 is 4.42 Å². The summed E-state index contributed by atoms with van der Waals surface area (Å²) in [7, 11) is 0. The fraction of sp³-hybridized carbons (Fsp3) is 0.163. The van der Waals surface area contributed by atoms with Crippen LogP contribution in [0.5, 0.6) is 0 Å². The maximum Gasteiger partial charge on any atom is 0.242 e. The lowest BCUT2D eigenvalue weighted by atomic mass is 9.34. The molecule has 0 aliphatic carbocycles. The van der Waals surface area contributed by atoms with E-state index in [2.05, 4.69) is 150 Å². The van der Waals surface area contributed by atoms with Crippen LogP contribution in [0.3, 0.4) is 0 Å². The van der Waals surface area contributed by atoms with Gasteiger partial charge in [-0.3, -0.25) is 0 Å². The number of furan rings is 1. The van der Waals surface area contributed by atoms with Crippen LogP contribution < -0.4 is 16.4 Å². The van der Waals surface area contributed by atoms with Gasteiger partial charge in [-0.05, 0) is 78.3 Å². The van der Waals surface area contributed by atoms with E-state index >= 15 is 0 Å². The van der Waals surface area contributed by atoms with Gasteiger partial charge in [-0.15, -0.1) is 0 Å². The SMILES string of the molecule is Cc1cc(C)c(B(c2ccc(-n3c4ccccc4c4cc5c(cc43)oc3ccccc35)c(C)c2)c2c(C)cc(C)cc2C)c(C)c1. The van der Waals surface area contributed by atoms with E-state index in [-0.39, 0.29) is 6.71 Å². The Kier molecular flexibility index (Phi) is 6.51. The highest BCUT2D eigenvalue weighted by molar-refractivity contribution is 6.96. The summed E-state index contributed by atoms with van der Waals surface area (Å²) in [6, 6.07) is 38.1. The fourth-order valence-corrected chi connectivity index (χ4v) is 8.33. The van der Waals surface area contributed by atoms with E-state index in [1.165, 1.54) is 77.3 Å². The zero-order valence-corrected chi connectivity index (χ0v) is 27.7. The first-order chi connectivity index (χ1) is 22.2. The Bertz CT molecular complexity index is 2410. The molecule has 46 heavy (non-hydrogen) atoms. The predicted octanol–water partition coefficient (Wildman–Crippen LogP) is 9.36. The topological polar surface area (TPSA) is 18.1 Å². The molecular weight excluding hydrogens is 557 g/mol. The summed E-state index contributed by atoms with van der Waals surface area (Å²) < 4.78 is 8.80. The van der Waals surface area contributed by atoms with Crippen LogP contribution in [-0.4, -0.2) is 11.3 Å². The minimum atomic E-state index is 0.141. The molecule has 2 nitrogen and oxygen atoms in total. The summed E-state index contributed by atoms with van der Waals surface area (Å²) in [5, 5.41) is 4.82. The minimum Gasteiger partial charge on any atom is -0.456 e. The molecule has 0 N–H and O–H groups in total. The van der Waals surface area contributed by atoms with Crippen molar-refractivity contribution in [3.8, 4) is 5.69 Å². The standard InChI is InChI=1S/C43H38BNO/c1-25-18-28(4)42(29(5)19-25)44(43-30(6)20-26(2)21-31(43)7)32-16-17-37(27(3)22-32)45-38-14-10-8-12-33(38)35-23-36-34-13-9-11-15-40(34)46-41(36)24-39(35)45/h8-24H,1-7H3. The Morgan fingerprint density at radius 1 is 0.457 bits per heavy atom. The third-order valence-corrected chi connectivity index (χ3v) is 10.0. The number of nitrogens with zero attached hydrogens (tertiary/aromatic N) is 1. The Labute approximate surface area is 271 Å². The zero-order valence-electron chi connectivity index (χ0n) is 27.7. The molecule has 0 radical (unpaired) electrons. The molecule has 0 saturated heterocycles. The predicted molar refractivity (Wildman–Crippen MR) is 199 cm³/mol. The molecule has 8 aromatic rings. The van der Waals surface area contributed by atoms with Crippen LogP contribution in [0, 0.1) is 48.5 Å². The highest BCUT2D eigenvalue weighted by atomic mass is 16.3. The fourth-order valence-electron chi connectivity index (χ4n) is 8.33. The van der Waals surface area contributed by atoms with E-state index < -0.39 is 0 Å². The van der Waals surface area contributed by atoms with Gasteiger partial charge in [0.2, 0.25) is 6.71 Å². The number of aromatic nitrogens is 1. The van der Waals surface area contributed by atoms with E-state index in [1.807, 2.05) is 6.07 Å². The molecule has 0 atom stereocenters. The lowest BCUT2D eigenvalue weighted by Crippen LogP contribution is -2.56. The molecule has 2 aromatic heterocycles. The normalized spacial score (nSPS) is 11.8. The van der Waals surface area contributed by atoms with Crippen LogP contribution in [0.2, 0.25) is 0 Å². The molecular formula is C43H38BNO. The van der Waals surface area contributed by atoms with Crippen molar-refractivity contribution >= 4 is 66.8 Å². The van der Waals surface area contributed by atoms with Crippen LogP contribution in [0.1, 0.15) is 38.9 Å². The summed E-state index contributed by atoms with van der Waals surface area (Å²) in [6.45, 7) is 15.9. The number of para-hydroxylation sites is 2. The number of aryl methyl sites for hydroxylation is 7. The molecule has 224 valence electrons. The molecule has 3 heteroatoms. The van der Waals surface area contributed by atoms with Gasteiger partial charge < -0.3 is 8.98 Å². The summed E-state index contributed by atoms with van der Waals surface area (Å²) in [5.74, 6) is 0. The lowest BCUT2D eigenvalue weighted by molar-refractivity contribution is 0.669. The molecule has 0 spiro atoms. The van der Waals surface area contributed by atoms with E-state index in [1.54, 1.807) is 0 Å². The summed E-state index contributed by atoms with van der Waals surface area (Å²) in [6.07, 6.45) is 0. The Hall–Kier alpha value is -5.02. The van der Waals surface area contributed by atoms with Gasteiger partial charge in [-0.1, -0.05) is 123 Å². The second-order valence-electron chi connectivity index (χ2n) is 13.4. The summed E-state index contributed by atoms with van der Waals surface area (Å²) in [4.78, 5) is 0. The summed E-state index contributed by atoms with van der Waals surface area (Å²) >= 11 is 0. The highest BCUT2D eigenvalue weighted by Crippen LogP contribution is 2.38. The van der Waals surface area contributed by atoms with Crippen LogP contribution in [0.15, 0.2) is 108 Å². The molecule has 0 bridgehead atoms. The maximum atomic E-state index is 6.37. The van der Waals surface area contributed by atoms with E-state index in [0.29, 0.717) is 0 Å². The third-order valence-electron chi connectivity index (χ3n) is 10.0. The van der Waals surface area contributed by atoms with Crippen molar-refractivity contribution in [2.45, 2.75) is 48.5 Å². The molecule has 0 unspecified atom stereocenters. The van der Waals surface area contributed by atoms with Crippen LogP contribution in [0.4, 0.5) is 0 Å². The molecule has 0 aliphatic heterocycles. The lowest BCUT2D eigenvalue weighted by Gasteiger charge is -2.25. The highest BCUT2D eigenvalue weighted by Gasteiger charge is 2.29. The minimum absolute atomic E-state index is 0.141. The molecule has 0 amide bonds. The van der Waals surface area contributed by atoms with Gasteiger partial charge in [-0.2, -0.15) is 0 Å². The van der Waals surface area contributed by atoms with Gasteiger partial charge in [-0.25, -0.2) is 0 Å². The first kappa shape index (κ1) is 28.5. The number of hydrogen-bond acceptors (Lipinski definition) is 1. The summed E-state index contributed by atoms with van der Waals surface area (Å²) in [5.41, 5.74) is 18.8. The molecule has 8 rings (SSSR count). The van der Waals surface area contributed by atoms with Gasteiger partial charge in [0, 0.05) is 33.3 Å². The first-order valence-corrected chi connectivity index (χ1v) is 16.3. The maximum absolute atomic E-state index is 6.37. The zero-order chi connectivity index (χ0) is 31.9. The molecule has 0 saturated carbocycles. The molecule has 0 fully saturated rings. The van der Waals surface area contributed by atoms with Gasteiger partial charge >= 0.3 is 0 Å². The smallest absolute Gasteiger partial charge is 0.242 e. The second kappa shape index (κ2) is 10.5. The quantitative estimate of drug-likeness (QED) is 0.186. The van der Waals surface area contributed by atoms with Crippen molar-refractivity contribution in [3.63, 3.8) is 0 Å². The average Bonchev–Trinajstić information content (AvgIpc) is 3.53. The van der Waals surface area contributed by atoms with Gasteiger partial charge in [0.05, 0.1) is 11.0 Å². The van der Waals surface area contributed by atoms with Crippen LogP contribution in [-0.2, 0) is 0 Å². The van der Waals surface area contributed by atoms with Crippen LogP contribution in [0.25, 0.3) is 49.4 Å². The van der Waals surface area contributed by atoms with Crippen LogP contribution >= 0.6 is 0 Å². The monoisotopic (exact) mass is 595 g/mol. The van der Waals surface area contributed by atoms with E-state index in [0.717, 1.165) is 27.5 Å². The van der Waals surface area contributed by atoms with E-state index in [4.69, 9.17) is 4.42 Å². The average molecular weight is 596 g/mol. The second-order valence-corrected chi connectivity index (χ2v) is 13.4. The van der Waals surface area contributed by atoms with Gasteiger partial charge in [0.15, 0.2) is 0 Å². The Morgan fingerprint density at radius 3 is 1.67 bits per heavy atom. The molecule has 2 heterocycles. The third kappa shape index (κ3) is 4.33. The number of hydrogen-bond donors (Lipinski definition) is 0. The van der Waals surface area contributed by atoms with Crippen molar-refractivity contribution in [1.29, 1.82) is 0 Å². The first-order valence-electron chi connectivity index (χ1n) is 16.3. The van der Waals surface area contributed by atoms with E-state index in [9.17, 15) is 0 Å². The number of rotatable bonds is 4. The van der Waals surface area contributed by atoms with Gasteiger partial charge in [0.25, 0.3) is 0 Å². The Morgan fingerprint density at radius 2 is 1.04 bits per heavy atom. The van der Waals surface area contributed by atoms with Gasteiger partial charge in [0.1, 0.15) is 11.2 Å².